The predicted molar refractivity (Wildman–Crippen MR) is 84.1 cm³/mol. The number of hydrogen-bond donors (Lipinski definition) is 1. The van der Waals surface area contributed by atoms with Crippen LogP contribution in [0.3, 0.4) is 0 Å². The molecule has 1 aliphatic heterocycles. The highest BCUT2D eigenvalue weighted by atomic mass is 16.7. The van der Waals surface area contributed by atoms with Gasteiger partial charge in [-0.15, -0.1) is 0 Å². The lowest BCUT2D eigenvalue weighted by atomic mass is 10.1. The summed E-state index contributed by atoms with van der Waals surface area (Å²) in [6.07, 6.45) is 8.13. The van der Waals surface area contributed by atoms with Crippen molar-refractivity contribution >= 4 is 5.97 Å². The number of unbranched alkanes of at least 4 members (excludes halogenated alkanes) is 1. The topological polar surface area (TPSA) is 65.0 Å². The van der Waals surface area contributed by atoms with Gasteiger partial charge in [-0.3, -0.25) is 4.79 Å². The molecule has 0 radical (unpaired) electrons. The molecular weight excluding hydrogens is 284 g/mol. The summed E-state index contributed by atoms with van der Waals surface area (Å²) < 4.78 is 16.1. The maximum atomic E-state index is 11.4. The highest BCUT2D eigenvalue weighted by Crippen LogP contribution is 2.20. The average molecular weight is 312 g/mol. The molecule has 5 nitrogen and oxygen atoms in total. The molecule has 1 saturated heterocycles. The van der Waals surface area contributed by atoms with E-state index in [0.717, 1.165) is 32.3 Å². The molecule has 126 valence electrons. The molecule has 0 spiro atoms. The van der Waals surface area contributed by atoms with Gasteiger partial charge in [-0.25, -0.2) is 0 Å². The van der Waals surface area contributed by atoms with E-state index in [2.05, 4.69) is 6.58 Å². The molecule has 1 rings (SSSR count). The lowest BCUT2D eigenvalue weighted by Gasteiger charge is -2.24. The van der Waals surface area contributed by atoms with E-state index in [-0.39, 0.29) is 12.7 Å². The van der Waals surface area contributed by atoms with Crippen LogP contribution in [-0.2, 0) is 19.0 Å². The number of hydrogen-bond acceptors (Lipinski definition) is 5. The quantitative estimate of drug-likeness (QED) is 0.307. The van der Waals surface area contributed by atoms with Crippen molar-refractivity contribution in [2.75, 3.05) is 13.2 Å². The van der Waals surface area contributed by atoms with Crippen LogP contribution in [0, 0.1) is 0 Å². The van der Waals surface area contributed by atoms with Gasteiger partial charge in [-0.1, -0.05) is 19.6 Å². The highest BCUT2D eigenvalue weighted by Gasteiger charge is 2.28. The van der Waals surface area contributed by atoms with E-state index in [1.165, 1.54) is 6.08 Å². The summed E-state index contributed by atoms with van der Waals surface area (Å²) in [4.78, 5) is 11.4. The fourth-order valence-corrected chi connectivity index (χ4v) is 2.01. The molecular formula is C17H28O5. The first kappa shape index (κ1) is 18.9. The lowest BCUT2D eigenvalue weighted by molar-refractivity contribution is -0.179. The third kappa shape index (κ3) is 6.73. The largest absolute Gasteiger partial charge is 0.425 e. The van der Waals surface area contributed by atoms with Gasteiger partial charge >= 0.3 is 5.97 Å². The number of carbonyl (C=O) groups is 1. The van der Waals surface area contributed by atoms with Crippen molar-refractivity contribution in [1.29, 1.82) is 0 Å². The third-order valence-electron chi connectivity index (χ3n) is 3.47. The van der Waals surface area contributed by atoms with Crippen molar-refractivity contribution in [1.82, 2.24) is 0 Å². The Morgan fingerprint density at radius 1 is 1.50 bits per heavy atom. The Hall–Kier alpha value is -1.17. The Labute approximate surface area is 132 Å². The molecule has 0 saturated carbocycles. The van der Waals surface area contributed by atoms with Crippen LogP contribution in [0.2, 0.25) is 0 Å². The van der Waals surface area contributed by atoms with Gasteiger partial charge in [0.25, 0.3) is 5.79 Å². The van der Waals surface area contributed by atoms with E-state index in [9.17, 15) is 9.90 Å². The van der Waals surface area contributed by atoms with Gasteiger partial charge in [0.05, 0.1) is 6.61 Å². The van der Waals surface area contributed by atoms with Gasteiger partial charge in [0.1, 0.15) is 0 Å². The first-order chi connectivity index (χ1) is 10.5. The summed E-state index contributed by atoms with van der Waals surface area (Å²) in [5.41, 5.74) is 0.373. The number of aliphatic hydroxyl groups is 1. The van der Waals surface area contributed by atoms with Crippen LogP contribution in [0.5, 0.6) is 0 Å². The molecule has 5 heteroatoms. The molecule has 1 fully saturated rings. The van der Waals surface area contributed by atoms with Crippen LogP contribution in [0.4, 0.5) is 0 Å². The van der Waals surface area contributed by atoms with Crippen LogP contribution < -0.4 is 0 Å². The minimum absolute atomic E-state index is 0.0735. The van der Waals surface area contributed by atoms with Crippen molar-refractivity contribution < 1.29 is 24.1 Å². The van der Waals surface area contributed by atoms with Crippen molar-refractivity contribution in [2.45, 2.75) is 64.4 Å². The zero-order valence-electron chi connectivity index (χ0n) is 13.7. The number of esters is 1. The Morgan fingerprint density at radius 2 is 2.27 bits per heavy atom. The number of ether oxygens (including phenoxy) is 3. The normalized spacial score (nSPS) is 21.5. The summed E-state index contributed by atoms with van der Waals surface area (Å²) in [7, 11) is 0. The van der Waals surface area contributed by atoms with Crippen LogP contribution in [-0.4, -0.2) is 36.4 Å². The molecule has 0 amide bonds. The third-order valence-corrected chi connectivity index (χ3v) is 3.47. The molecule has 1 N–H and O–H groups in total. The Kier molecular flexibility index (Phi) is 8.38. The molecule has 0 bridgehead atoms. The summed E-state index contributed by atoms with van der Waals surface area (Å²) in [5, 5.41) is 10.3. The van der Waals surface area contributed by atoms with Crippen molar-refractivity contribution in [3.05, 3.63) is 24.3 Å². The SMILES string of the molecule is C=C(C)C(O)(/C=C/CCCOC1CCCCO1)OC(=O)CC. The smallest absolute Gasteiger partial charge is 0.308 e. The summed E-state index contributed by atoms with van der Waals surface area (Å²) in [5.74, 6) is -2.19. The highest BCUT2D eigenvalue weighted by molar-refractivity contribution is 5.69. The lowest BCUT2D eigenvalue weighted by Crippen LogP contribution is -2.33. The molecule has 2 unspecified atom stereocenters. The molecule has 1 heterocycles. The maximum absolute atomic E-state index is 11.4. The molecule has 0 aromatic heterocycles. The van der Waals surface area contributed by atoms with Gasteiger partial charge in [0.15, 0.2) is 6.29 Å². The Balaban J connectivity index is 2.28. The van der Waals surface area contributed by atoms with Gasteiger partial charge in [-0.05, 0) is 50.7 Å². The van der Waals surface area contributed by atoms with E-state index in [1.807, 2.05) is 0 Å². The minimum Gasteiger partial charge on any atom is -0.425 e. The molecule has 2 atom stereocenters. The molecule has 0 aliphatic carbocycles. The fraction of sp³-hybridized carbons (Fsp3) is 0.706. The predicted octanol–water partition coefficient (Wildman–Crippen LogP) is 3.08. The van der Waals surface area contributed by atoms with Crippen LogP contribution in [0.15, 0.2) is 24.3 Å². The van der Waals surface area contributed by atoms with Crippen LogP contribution in [0.1, 0.15) is 52.4 Å². The molecule has 0 aromatic carbocycles. The zero-order valence-corrected chi connectivity index (χ0v) is 13.7. The first-order valence-corrected chi connectivity index (χ1v) is 7.99. The number of carbonyl (C=O) groups excluding carboxylic acids is 1. The average Bonchev–Trinajstić information content (AvgIpc) is 2.51. The number of allylic oxidation sites excluding steroid dienone is 1. The monoisotopic (exact) mass is 312 g/mol. The fourth-order valence-electron chi connectivity index (χ4n) is 2.01. The van der Waals surface area contributed by atoms with E-state index in [1.54, 1.807) is 19.9 Å². The van der Waals surface area contributed by atoms with Gasteiger partial charge in [0.2, 0.25) is 0 Å². The van der Waals surface area contributed by atoms with E-state index in [0.29, 0.717) is 18.6 Å². The van der Waals surface area contributed by atoms with Crippen molar-refractivity contribution in [3.8, 4) is 0 Å². The standard InChI is InChI=1S/C17H28O5/c1-4-15(18)22-17(19,14(2)3)11-7-5-8-12-20-16-10-6-9-13-21-16/h7,11,16,19H,2,4-6,8-10,12-13H2,1,3H3/b11-7+. The Bertz CT molecular complexity index is 385. The second-order valence-electron chi connectivity index (χ2n) is 5.52. The minimum atomic E-state index is -1.72. The van der Waals surface area contributed by atoms with Crippen LogP contribution >= 0.6 is 0 Å². The van der Waals surface area contributed by atoms with Crippen LogP contribution in [0.25, 0.3) is 0 Å². The molecule has 1 aliphatic rings. The van der Waals surface area contributed by atoms with Crippen molar-refractivity contribution in [3.63, 3.8) is 0 Å². The van der Waals surface area contributed by atoms with E-state index in [4.69, 9.17) is 14.2 Å². The molecule has 22 heavy (non-hydrogen) atoms. The maximum Gasteiger partial charge on any atom is 0.308 e. The van der Waals surface area contributed by atoms with Gasteiger partial charge in [-0.2, -0.15) is 0 Å². The van der Waals surface area contributed by atoms with E-state index < -0.39 is 11.8 Å². The first-order valence-electron chi connectivity index (χ1n) is 7.99. The number of rotatable bonds is 9. The van der Waals surface area contributed by atoms with Gasteiger partial charge in [0, 0.05) is 13.0 Å². The molecule has 0 aromatic rings. The van der Waals surface area contributed by atoms with Crippen molar-refractivity contribution in [2.24, 2.45) is 0 Å². The van der Waals surface area contributed by atoms with Gasteiger partial charge < -0.3 is 19.3 Å². The second kappa shape index (κ2) is 9.77. The summed E-state index contributed by atoms with van der Waals surface area (Å²) in [6.45, 7) is 8.35. The Morgan fingerprint density at radius 3 is 2.86 bits per heavy atom. The second-order valence-corrected chi connectivity index (χ2v) is 5.52. The summed E-state index contributed by atoms with van der Waals surface area (Å²) >= 11 is 0. The van der Waals surface area contributed by atoms with E-state index >= 15 is 0 Å². The zero-order chi connectivity index (χ0) is 16.4. The summed E-state index contributed by atoms with van der Waals surface area (Å²) in [6, 6.07) is 0.